The largest absolute Gasteiger partial charge is 0.481 e. The first-order valence-electron chi connectivity index (χ1n) is 9.84. The maximum atomic E-state index is 13.0. The highest BCUT2D eigenvalue weighted by atomic mass is 32.1. The van der Waals surface area contributed by atoms with E-state index in [2.05, 4.69) is 23.3 Å². The molecular formula is C22H23F3N2O5S. The van der Waals surface area contributed by atoms with E-state index in [1.54, 1.807) is 30.3 Å². The Kier molecular flexibility index (Phi) is 8.75. The van der Waals surface area contributed by atoms with Crippen molar-refractivity contribution in [1.82, 2.24) is 5.32 Å². The molecule has 0 aliphatic heterocycles. The van der Waals surface area contributed by atoms with Crippen LogP contribution in [-0.4, -0.2) is 39.5 Å². The second-order valence-electron chi connectivity index (χ2n) is 7.36. The monoisotopic (exact) mass is 484 g/mol. The van der Waals surface area contributed by atoms with Crippen molar-refractivity contribution in [3.05, 3.63) is 65.7 Å². The molecule has 0 saturated heterocycles. The van der Waals surface area contributed by atoms with E-state index >= 15 is 0 Å². The van der Waals surface area contributed by atoms with E-state index in [0.717, 1.165) is 29.8 Å². The maximum absolute atomic E-state index is 13.0. The number of nitrogens with one attached hydrogen (secondary N) is 2. The summed E-state index contributed by atoms with van der Waals surface area (Å²) in [5.74, 6) is -4.25. The number of hydrogen-bond donors (Lipinski definition) is 5. The van der Waals surface area contributed by atoms with Crippen molar-refractivity contribution in [2.24, 2.45) is 5.92 Å². The number of carboxylic acid groups (broad SMARTS) is 2. The van der Waals surface area contributed by atoms with Gasteiger partial charge in [-0.3, -0.25) is 9.59 Å². The van der Waals surface area contributed by atoms with Crippen LogP contribution in [0.5, 0.6) is 0 Å². The summed E-state index contributed by atoms with van der Waals surface area (Å²) in [6.45, 7) is 0. The number of hydrogen-bond acceptors (Lipinski definition) is 5. The summed E-state index contributed by atoms with van der Waals surface area (Å²) in [4.78, 5) is 36.3. The third-order valence-corrected chi connectivity index (χ3v) is 5.34. The van der Waals surface area contributed by atoms with Crippen molar-refractivity contribution < 1.29 is 37.8 Å². The van der Waals surface area contributed by atoms with Gasteiger partial charge >= 0.3 is 18.1 Å². The summed E-state index contributed by atoms with van der Waals surface area (Å²) < 4.78 is 38.5. The number of thiol groups is 1. The van der Waals surface area contributed by atoms with Gasteiger partial charge in [-0.15, -0.1) is 0 Å². The Hall–Kier alpha value is -3.21. The Bertz CT molecular complexity index is 970. The first kappa shape index (κ1) is 26.0. The molecule has 0 aliphatic rings. The van der Waals surface area contributed by atoms with Crippen LogP contribution in [0.15, 0.2) is 54.6 Å². The molecule has 4 N–H and O–H groups in total. The third kappa shape index (κ3) is 7.41. The number of amides is 1. The number of carbonyl (C=O) groups is 3. The molecular weight excluding hydrogens is 461 g/mol. The lowest BCUT2D eigenvalue weighted by atomic mass is 9.97. The van der Waals surface area contributed by atoms with Crippen LogP contribution in [0.1, 0.15) is 24.0 Å². The highest BCUT2D eigenvalue weighted by Crippen LogP contribution is 2.30. The van der Waals surface area contributed by atoms with Crippen molar-refractivity contribution in [3.63, 3.8) is 0 Å². The fraction of sp³-hybridized carbons (Fsp3) is 0.318. The van der Waals surface area contributed by atoms with E-state index in [-0.39, 0.29) is 17.9 Å². The van der Waals surface area contributed by atoms with Gasteiger partial charge in [0.05, 0.1) is 11.5 Å². The van der Waals surface area contributed by atoms with E-state index in [4.69, 9.17) is 5.11 Å². The van der Waals surface area contributed by atoms with Gasteiger partial charge in [-0.05, 0) is 36.2 Å². The Labute approximate surface area is 193 Å². The van der Waals surface area contributed by atoms with Crippen LogP contribution in [0.3, 0.4) is 0 Å². The fourth-order valence-corrected chi connectivity index (χ4v) is 3.40. The van der Waals surface area contributed by atoms with Crippen molar-refractivity contribution in [1.29, 1.82) is 0 Å². The topological polar surface area (TPSA) is 116 Å². The molecule has 1 unspecified atom stereocenters. The zero-order valence-electron chi connectivity index (χ0n) is 17.3. The first-order valence-corrected chi connectivity index (χ1v) is 10.5. The predicted molar refractivity (Wildman–Crippen MR) is 118 cm³/mol. The lowest BCUT2D eigenvalue weighted by Gasteiger charge is -2.33. The maximum Gasteiger partial charge on any atom is 0.416 e. The second-order valence-corrected chi connectivity index (χ2v) is 7.73. The molecule has 2 rings (SSSR count). The number of carboxylic acids is 2. The van der Waals surface area contributed by atoms with Crippen molar-refractivity contribution in [2.45, 2.75) is 31.1 Å². The van der Waals surface area contributed by atoms with Crippen molar-refractivity contribution >= 4 is 36.2 Å². The Balaban J connectivity index is 2.32. The highest BCUT2D eigenvalue weighted by Gasteiger charge is 2.42. The molecule has 0 fully saturated rings. The zero-order valence-corrected chi connectivity index (χ0v) is 18.2. The smallest absolute Gasteiger partial charge is 0.416 e. The molecule has 11 heteroatoms. The van der Waals surface area contributed by atoms with E-state index in [9.17, 15) is 32.7 Å². The molecule has 0 bridgehead atoms. The summed E-state index contributed by atoms with van der Waals surface area (Å²) in [6.07, 6.45) is -5.51. The minimum atomic E-state index is -4.59. The standard InChI is InChI=1S/C22H23F3N2O5S/c23-22(24,25)16-6-8-17(9-7-16)26-21(20(31)32,11-10-18(28)29)27-19(30)15(13-33)12-14-4-2-1-3-5-14/h1-9,15,26,33H,10-13H2,(H,27,30)(H,28,29)(H,31,32)/t15?,21-/m0/s1. The molecule has 178 valence electrons. The summed E-state index contributed by atoms with van der Waals surface area (Å²) in [6, 6.07) is 12.5. The van der Waals surface area contributed by atoms with Gasteiger partial charge in [0.15, 0.2) is 0 Å². The average molecular weight is 484 g/mol. The number of halogens is 3. The molecule has 2 aromatic rings. The minimum Gasteiger partial charge on any atom is -0.481 e. The Morgan fingerprint density at radius 2 is 1.58 bits per heavy atom. The number of benzene rings is 2. The molecule has 1 amide bonds. The number of carbonyl (C=O) groups excluding carboxylic acids is 1. The summed E-state index contributed by atoms with van der Waals surface area (Å²) >= 11 is 4.18. The Morgan fingerprint density at radius 3 is 2.06 bits per heavy atom. The van der Waals surface area contributed by atoms with Crippen molar-refractivity contribution in [3.8, 4) is 0 Å². The minimum absolute atomic E-state index is 0.0402. The van der Waals surface area contributed by atoms with Crippen LogP contribution < -0.4 is 10.6 Å². The van der Waals surface area contributed by atoms with E-state index < -0.39 is 54.0 Å². The Morgan fingerprint density at radius 1 is 0.970 bits per heavy atom. The summed E-state index contributed by atoms with van der Waals surface area (Å²) in [5.41, 5.74) is -2.44. The molecule has 0 spiro atoms. The number of alkyl halides is 3. The van der Waals surface area contributed by atoms with E-state index in [1.807, 2.05) is 0 Å². The number of aliphatic carboxylic acids is 2. The van der Waals surface area contributed by atoms with Gasteiger partial charge in [0, 0.05) is 24.3 Å². The first-order chi connectivity index (χ1) is 15.5. The van der Waals surface area contributed by atoms with Gasteiger partial charge in [-0.2, -0.15) is 25.8 Å². The molecule has 33 heavy (non-hydrogen) atoms. The molecule has 0 saturated carbocycles. The molecule has 0 aromatic heterocycles. The SMILES string of the molecule is O=C(O)CC[C@@](NC(=O)C(CS)Cc1ccccc1)(Nc1ccc(C(F)(F)F)cc1)C(=O)O. The van der Waals surface area contributed by atoms with Crippen LogP contribution in [0.4, 0.5) is 18.9 Å². The summed E-state index contributed by atoms with van der Waals surface area (Å²) in [7, 11) is 0. The zero-order chi connectivity index (χ0) is 24.6. The van der Waals surface area contributed by atoms with Crippen LogP contribution >= 0.6 is 12.6 Å². The predicted octanol–water partition coefficient (Wildman–Crippen LogP) is 3.67. The van der Waals surface area contributed by atoms with Gasteiger partial charge in [0.25, 0.3) is 0 Å². The van der Waals surface area contributed by atoms with Crippen molar-refractivity contribution in [2.75, 3.05) is 11.1 Å². The van der Waals surface area contributed by atoms with Gasteiger partial charge in [-0.25, -0.2) is 4.79 Å². The number of anilines is 1. The van der Waals surface area contributed by atoms with Gasteiger partial charge in [-0.1, -0.05) is 30.3 Å². The molecule has 2 aromatic carbocycles. The number of rotatable bonds is 11. The molecule has 0 radical (unpaired) electrons. The lowest BCUT2D eigenvalue weighted by molar-refractivity contribution is -0.148. The van der Waals surface area contributed by atoms with E-state index in [1.165, 1.54) is 0 Å². The van der Waals surface area contributed by atoms with E-state index in [0.29, 0.717) is 0 Å². The quantitative estimate of drug-likeness (QED) is 0.246. The third-order valence-electron chi connectivity index (χ3n) is 4.90. The molecule has 0 heterocycles. The molecule has 2 atom stereocenters. The van der Waals surface area contributed by atoms with Crippen LogP contribution in [0.2, 0.25) is 0 Å². The second kappa shape index (κ2) is 11.1. The summed E-state index contributed by atoms with van der Waals surface area (Å²) in [5, 5.41) is 23.8. The lowest BCUT2D eigenvalue weighted by Crippen LogP contribution is -2.61. The molecule has 7 nitrogen and oxygen atoms in total. The van der Waals surface area contributed by atoms with Gasteiger partial charge in [0.1, 0.15) is 0 Å². The van der Waals surface area contributed by atoms with Crippen LogP contribution in [-0.2, 0) is 27.0 Å². The average Bonchev–Trinajstić information content (AvgIpc) is 2.76. The van der Waals surface area contributed by atoms with Crippen LogP contribution in [0, 0.1) is 5.92 Å². The molecule has 0 aliphatic carbocycles. The van der Waals surface area contributed by atoms with Crippen LogP contribution in [0.25, 0.3) is 0 Å². The van der Waals surface area contributed by atoms with Gasteiger partial charge in [0.2, 0.25) is 11.6 Å². The highest BCUT2D eigenvalue weighted by molar-refractivity contribution is 7.80. The fourth-order valence-electron chi connectivity index (χ4n) is 3.10. The normalized spacial score (nSPS) is 14.1. The van der Waals surface area contributed by atoms with Gasteiger partial charge < -0.3 is 20.8 Å².